The lowest BCUT2D eigenvalue weighted by Gasteiger charge is -2.11. The molecule has 0 unspecified atom stereocenters. The van der Waals surface area contributed by atoms with Gasteiger partial charge in [0.1, 0.15) is 5.75 Å². The minimum absolute atomic E-state index is 0.0738. The van der Waals surface area contributed by atoms with E-state index in [1.54, 1.807) is 7.11 Å². The van der Waals surface area contributed by atoms with Gasteiger partial charge in [-0.1, -0.05) is 0 Å². The Kier molecular flexibility index (Phi) is 4.97. The molecule has 4 heteroatoms. The molecule has 0 fully saturated rings. The van der Waals surface area contributed by atoms with E-state index in [1.807, 2.05) is 26.0 Å². The summed E-state index contributed by atoms with van der Waals surface area (Å²) in [5.41, 5.74) is 2.68. The summed E-state index contributed by atoms with van der Waals surface area (Å²) in [5, 5.41) is 11.4. The van der Waals surface area contributed by atoms with Crippen molar-refractivity contribution in [2.75, 3.05) is 20.3 Å². The van der Waals surface area contributed by atoms with E-state index in [0.29, 0.717) is 24.3 Å². The Hall–Kier alpha value is -1.55. The van der Waals surface area contributed by atoms with E-state index in [4.69, 9.17) is 9.84 Å². The van der Waals surface area contributed by atoms with Gasteiger partial charge in [0.2, 0.25) is 0 Å². The maximum atomic E-state index is 11.9. The number of aliphatic hydroxyl groups excluding tert-OH is 1. The Morgan fingerprint density at radius 1 is 1.35 bits per heavy atom. The highest BCUT2D eigenvalue weighted by atomic mass is 16.5. The van der Waals surface area contributed by atoms with Crippen molar-refractivity contribution in [1.29, 1.82) is 0 Å². The molecular weight excluding hydrogens is 218 g/mol. The van der Waals surface area contributed by atoms with Crippen molar-refractivity contribution in [2.45, 2.75) is 20.3 Å². The molecule has 0 radical (unpaired) electrons. The van der Waals surface area contributed by atoms with Crippen LogP contribution in [0.4, 0.5) is 0 Å². The number of aliphatic hydroxyl groups is 1. The molecule has 0 aliphatic carbocycles. The maximum absolute atomic E-state index is 11.9. The van der Waals surface area contributed by atoms with Gasteiger partial charge in [-0.05, 0) is 43.5 Å². The molecule has 1 amide bonds. The minimum Gasteiger partial charge on any atom is -0.496 e. The number of amides is 1. The van der Waals surface area contributed by atoms with Crippen molar-refractivity contribution in [3.05, 3.63) is 28.8 Å². The lowest BCUT2D eigenvalue weighted by molar-refractivity contribution is 0.0948. The third kappa shape index (κ3) is 3.46. The summed E-state index contributed by atoms with van der Waals surface area (Å²) in [4.78, 5) is 11.9. The van der Waals surface area contributed by atoms with Gasteiger partial charge >= 0.3 is 0 Å². The second kappa shape index (κ2) is 6.25. The minimum atomic E-state index is -0.168. The summed E-state index contributed by atoms with van der Waals surface area (Å²) in [5.74, 6) is 0.410. The highest BCUT2D eigenvalue weighted by Gasteiger charge is 2.13. The fraction of sp³-hybridized carbons (Fsp3) is 0.462. The molecule has 94 valence electrons. The third-order valence-electron chi connectivity index (χ3n) is 2.68. The second-order valence-corrected chi connectivity index (χ2v) is 3.97. The molecule has 17 heavy (non-hydrogen) atoms. The monoisotopic (exact) mass is 237 g/mol. The molecule has 4 nitrogen and oxygen atoms in total. The quantitative estimate of drug-likeness (QED) is 0.761. The first kappa shape index (κ1) is 13.5. The van der Waals surface area contributed by atoms with Crippen LogP contribution in [-0.4, -0.2) is 31.3 Å². The first-order valence-electron chi connectivity index (χ1n) is 5.64. The fourth-order valence-corrected chi connectivity index (χ4v) is 1.51. The van der Waals surface area contributed by atoms with E-state index in [9.17, 15) is 4.79 Å². The van der Waals surface area contributed by atoms with E-state index >= 15 is 0 Å². The van der Waals surface area contributed by atoms with Gasteiger partial charge in [0.25, 0.3) is 5.91 Å². The van der Waals surface area contributed by atoms with Gasteiger partial charge in [0.05, 0.1) is 12.7 Å². The number of hydrogen-bond acceptors (Lipinski definition) is 3. The normalized spacial score (nSPS) is 10.1. The first-order chi connectivity index (χ1) is 8.10. The van der Waals surface area contributed by atoms with E-state index in [0.717, 1.165) is 11.1 Å². The number of carbonyl (C=O) groups is 1. The number of methoxy groups -OCH3 is 1. The van der Waals surface area contributed by atoms with Crippen LogP contribution in [0, 0.1) is 13.8 Å². The zero-order valence-electron chi connectivity index (χ0n) is 10.5. The van der Waals surface area contributed by atoms with Crippen LogP contribution < -0.4 is 10.1 Å². The largest absolute Gasteiger partial charge is 0.496 e. The van der Waals surface area contributed by atoms with Crippen LogP contribution >= 0.6 is 0 Å². The second-order valence-electron chi connectivity index (χ2n) is 3.97. The van der Waals surface area contributed by atoms with Gasteiger partial charge < -0.3 is 15.2 Å². The van der Waals surface area contributed by atoms with E-state index in [2.05, 4.69) is 5.32 Å². The summed E-state index contributed by atoms with van der Waals surface area (Å²) in [6, 6.07) is 3.68. The van der Waals surface area contributed by atoms with Crippen LogP contribution in [0.5, 0.6) is 5.75 Å². The van der Waals surface area contributed by atoms with Crippen LogP contribution in [0.15, 0.2) is 12.1 Å². The number of benzene rings is 1. The predicted molar refractivity (Wildman–Crippen MR) is 66.5 cm³/mol. The van der Waals surface area contributed by atoms with Crippen molar-refractivity contribution < 1.29 is 14.6 Å². The lowest BCUT2D eigenvalue weighted by atomic mass is 10.0. The van der Waals surface area contributed by atoms with E-state index in [-0.39, 0.29) is 12.5 Å². The van der Waals surface area contributed by atoms with Crippen molar-refractivity contribution in [1.82, 2.24) is 5.32 Å². The van der Waals surface area contributed by atoms with E-state index < -0.39 is 0 Å². The van der Waals surface area contributed by atoms with Gasteiger partial charge in [-0.2, -0.15) is 0 Å². The predicted octanol–water partition coefficient (Wildman–Crippen LogP) is 1.42. The topological polar surface area (TPSA) is 58.6 Å². The molecule has 0 aliphatic rings. The van der Waals surface area contributed by atoms with Gasteiger partial charge in [0.15, 0.2) is 0 Å². The molecule has 0 heterocycles. The van der Waals surface area contributed by atoms with Crippen molar-refractivity contribution in [3.8, 4) is 5.75 Å². The molecule has 0 atom stereocenters. The molecule has 0 saturated carbocycles. The highest BCUT2D eigenvalue weighted by Crippen LogP contribution is 2.22. The lowest BCUT2D eigenvalue weighted by Crippen LogP contribution is -2.25. The van der Waals surface area contributed by atoms with Crippen LogP contribution in [0.3, 0.4) is 0 Å². The summed E-state index contributed by atoms with van der Waals surface area (Å²) >= 11 is 0. The molecular formula is C13H19NO3. The Labute approximate surface area is 102 Å². The van der Waals surface area contributed by atoms with E-state index in [1.165, 1.54) is 0 Å². The third-order valence-corrected chi connectivity index (χ3v) is 2.68. The molecule has 1 aromatic rings. The molecule has 0 bridgehead atoms. The van der Waals surface area contributed by atoms with Crippen LogP contribution in [0.2, 0.25) is 0 Å². The average molecular weight is 237 g/mol. The zero-order valence-corrected chi connectivity index (χ0v) is 10.5. The smallest absolute Gasteiger partial charge is 0.255 e. The Balaban J connectivity index is 2.88. The SMILES string of the molecule is COc1cc(C)c(C)cc1C(=O)NCCCO. The number of rotatable bonds is 5. The van der Waals surface area contributed by atoms with Crippen molar-refractivity contribution in [3.63, 3.8) is 0 Å². The molecule has 0 aliphatic heterocycles. The summed E-state index contributed by atoms with van der Waals surface area (Å²) in [6.45, 7) is 4.47. The summed E-state index contributed by atoms with van der Waals surface area (Å²) in [7, 11) is 1.55. The highest BCUT2D eigenvalue weighted by molar-refractivity contribution is 5.97. The van der Waals surface area contributed by atoms with Gasteiger partial charge in [-0.25, -0.2) is 0 Å². The average Bonchev–Trinajstić information content (AvgIpc) is 2.32. The summed E-state index contributed by atoms with van der Waals surface area (Å²) in [6.07, 6.45) is 0.554. The zero-order chi connectivity index (χ0) is 12.8. The maximum Gasteiger partial charge on any atom is 0.255 e. The molecule has 0 saturated heterocycles. The Morgan fingerprint density at radius 3 is 2.59 bits per heavy atom. The van der Waals surface area contributed by atoms with Crippen LogP contribution in [0.1, 0.15) is 27.9 Å². The standard InChI is InChI=1S/C13H19NO3/c1-9-7-11(12(17-3)8-10(9)2)13(16)14-5-4-6-15/h7-8,15H,4-6H2,1-3H3,(H,14,16). The Bertz CT molecular complexity index is 402. The van der Waals surface area contributed by atoms with Crippen LogP contribution in [0.25, 0.3) is 0 Å². The number of hydrogen-bond donors (Lipinski definition) is 2. The molecule has 2 N–H and O–H groups in total. The molecule has 0 aromatic heterocycles. The van der Waals surface area contributed by atoms with Crippen LogP contribution in [-0.2, 0) is 0 Å². The van der Waals surface area contributed by atoms with Gasteiger partial charge in [-0.15, -0.1) is 0 Å². The fourth-order valence-electron chi connectivity index (χ4n) is 1.51. The number of carbonyl (C=O) groups excluding carboxylic acids is 1. The molecule has 1 aromatic carbocycles. The summed E-state index contributed by atoms with van der Waals surface area (Å²) < 4.78 is 5.20. The number of nitrogens with one attached hydrogen (secondary N) is 1. The molecule has 0 spiro atoms. The van der Waals surface area contributed by atoms with Crippen molar-refractivity contribution in [2.24, 2.45) is 0 Å². The number of aryl methyl sites for hydroxylation is 2. The van der Waals surface area contributed by atoms with Gasteiger partial charge in [-0.3, -0.25) is 4.79 Å². The first-order valence-corrected chi connectivity index (χ1v) is 5.64. The molecule has 1 rings (SSSR count). The Morgan fingerprint density at radius 2 is 2.00 bits per heavy atom. The van der Waals surface area contributed by atoms with Crippen molar-refractivity contribution >= 4 is 5.91 Å². The van der Waals surface area contributed by atoms with Gasteiger partial charge in [0, 0.05) is 13.2 Å². The number of ether oxygens (including phenoxy) is 1.